The number of hydrogen-bond donors (Lipinski definition) is 1. The van der Waals surface area contributed by atoms with E-state index in [-0.39, 0.29) is 23.2 Å². The Morgan fingerprint density at radius 2 is 2.18 bits per heavy atom. The maximum absolute atomic E-state index is 12.2. The van der Waals surface area contributed by atoms with Gasteiger partial charge < -0.3 is 10.1 Å². The summed E-state index contributed by atoms with van der Waals surface area (Å²) in [7, 11) is 0. The van der Waals surface area contributed by atoms with Gasteiger partial charge in [0.2, 0.25) is 0 Å². The van der Waals surface area contributed by atoms with E-state index in [0.717, 1.165) is 12.8 Å². The second-order valence-corrected chi connectivity index (χ2v) is 7.10. The fourth-order valence-electron chi connectivity index (χ4n) is 2.08. The summed E-state index contributed by atoms with van der Waals surface area (Å²) in [5.41, 5.74) is 0.643. The molecule has 5 nitrogen and oxygen atoms in total. The molecule has 1 aromatic heterocycles. The topological polar surface area (TPSA) is 67.8 Å². The van der Waals surface area contributed by atoms with Gasteiger partial charge in [0, 0.05) is 10.3 Å². The summed E-state index contributed by atoms with van der Waals surface area (Å²) in [5, 5.41) is 4.74. The molecule has 22 heavy (non-hydrogen) atoms. The van der Waals surface area contributed by atoms with Gasteiger partial charge in [0.05, 0.1) is 18.2 Å². The van der Waals surface area contributed by atoms with Gasteiger partial charge in [0.25, 0.3) is 5.91 Å². The van der Waals surface area contributed by atoms with Crippen molar-refractivity contribution in [2.75, 3.05) is 6.61 Å². The second kappa shape index (κ2) is 7.78. The van der Waals surface area contributed by atoms with E-state index in [4.69, 9.17) is 4.74 Å². The first-order valence-electron chi connectivity index (χ1n) is 7.35. The van der Waals surface area contributed by atoms with Gasteiger partial charge >= 0.3 is 5.97 Å². The van der Waals surface area contributed by atoms with Gasteiger partial charge in [-0.05, 0) is 26.3 Å². The molecule has 0 radical (unpaired) electrons. The van der Waals surface area contributed by atoms with E-state index >= 15 is 0 Å². The number of ether oxygens (including phenoxy) is 1. The van der Waals surface area contributed by atoms with Gasteiger partial charge in [0.1, 0.15) is 5.25 Å². The number of thiophene rings is 1. The van der Waals surface area contributed by atoms with E-state index in [2.05, 4.69) is 17.2 Å². The van der Waals surface area contributed by atoms with E-state index in [1.54, 1.807) is 18.3 Å². The van der Waals surface area contributed by atoms with Crippen LogP contribution >= 0.6 is 23.1 Å². The highest BCUT2D eigenvalue weighted by molar-refractivity contribution is 8.15. The van der Waals surface area contributed by atoms with Gasteiger partial charge in [-0.3, -0.25) is 14.6 Å². The first kappa shape index (κ1) is 17.0. The van der Waals surface area contributed by atoms with Crippen LogP contribution in [0.15, 0.2) is 16.4 Å². The number of esters is 1. The number of nitrogens with one attached hydrogen (secondary N) is 1. The number of aliphatic imine (C=N–C) groups is 1. The van der Waals surface area contributed by atoms with Crippen molar-refractivity contribution in [2.24, 2.45) is 4.99 Å². The molecule has 2 atom stereocenters. The minimum absolute atomic E-state index is 0.179. The molecule has 1 N–H and O–H groups in total. The third kappa shape index (κ3) is 4.10. The third-order valence-electron chi connectivity index (χ3n) is 3.15. The minimum Gasteiger partial charge on any atom is -0.465 e. The second-order valence-electron chi connectivity index (χ2n) is 4.97. The Hall–Kier alpha value is -1.34. The average molecular weight is 340 g/mol. The van der Waals surface area contributed by atoms with Crippen LogP contribution in [0.2, 0.25) is 0 Å². The number of thioether (sulfide) groups is 1. The Balaban J connectivity index is 1.94. The van der Waals surface area contributed by atoms with Crippen LogP contribution < -0.4 is 5.32 Å². The van der Waals surface area contributed by atoms with Crippen molar-refractivity contribution >= 4 is 40.1 Å². The number of nitrogens with zero attached hydrogens (tertiary/aromatic N) is 1. The van der Waals surface area contributed by atoms with E-state index in [1.165, 1.54) is 16.6 Å². The highest BCUT2D eigenvalue weighted by Crippen LogP contribution is 2.27. The summed E-state index contributed by atoms with van der Waals surface area (Å²) in [6, 6.07) is 1.72. The Kier molecular flexibility index (Phi) is 6.02. The number of rotatable bonds is 5. The molecule has 120 valence electrons. The summed E-state index contributed by atoms with van der Waals surface area (Å²) in [5.74, 6) is -0.463. The van der Waals surface area contributed by atoms with Gasteiger partial charge in [0.15, 0.2) is 5.17 Å². The highest BCUT2D eigenvalue weighted by atomic mass is 32.2. The van der Waals surface area contributed by atoms with E-state index < -0.39 is 0 Å². The van der Waals surface area contributed by atoms with Crippen molar-refractivity contribution in [3.05, 3.63) is 21.9 Å². The van der Waals surface area contributed by atoms with Crippen molar-refractivity contribution in [1.82, 2.24) is 5.32 Å². The van der Waals surface area contributed by atoms with Crippen molar-refractivity contribution in [3.63, 3.8) is 0 Å². The quantitative estimate of drug-likeness (QED) is 0.837. The summed E-state index contributed by atoms with van der Waals surface area (Å²) in [6.07, 6.45) is 2.04. The molecule has 2 heterocycles. The third-order valence-corrected chi connectivity index (χ3v) is 5.42. The Labute approximate surface area is 138 Å². The largest absolute Gasteiger partial charge is 0.465 e. The predicted molar refractivity (Wildman–Crippen MR) is 90.7 cm³/mol. The molecule has 0 bridgehead atoms. The van der Waals surface area contributed by atoms with E-state index in [1.807, 2.05) is 18.4 Å². The normalized spacial score (nSPS) is 20.6. The van der Waals surface area contributed by atoms with Crippen molar-refractivity contribution in [3.8, 4) is 0 Å². The Morgan fingerprint density at radius 3 is 2.86 bits per heavy atom. The maximum atomic E-state index is 12.2. The highest BCUT2D eigenvalue weighted by Gasteiger charge is 2.34. The molecule has 2 unspecified atom stereocenters. The van der Waals surface area contributed by atoms with Crippen molar-refractivity contribution in [1.29, 1.82) is 0 Å². The molecule has 0 saturated carbocycles. The zero-order valence-corrected chi connectivity index (χ0v) is 14.6. The smallest absolute Gasteiger partial charge is 0.321 e. The fourth-order valence-corrected chi connectivity index (χ4v) is 4.09. The van der Waals surface area contributed by atoms with Crippen LogP contribution in [0.25, 0.3) is 0 Å². The first-order valence-corrected chi connectivity index (χ1v) is 9.10. The average Bonchev–Trinajstić information content (AvgIpc) is 3.06. The number of carbonyl (C=O) groups is 2. The first-order chi connectivity index (χ1) is 10.5. The molecule has 0 spiro atoms. The molecule has 1 aliphatic heterocycles. The lowest BCUT2D eigenvalue weighted by Crippen LogP contribution is -2.29. The Morgan fingerprint density at radius 1 is 1.41 bits per heavy atom. The van der Waals surface area contributed by atoms with Gasteiger partial charge in [-0.2, -0.15) is 0 Å². The van der Waals surface area contributed by atoms with Crippen molar-refractivity contribution < 1.29 is 14.3 Å². The van der Waals surface area contributed by atoms with Crippen LogP contribution in [0.1, 0.15) is 42.4 Å². The van der Waals surface area contributed by atoms with Crippen LogP contribution in [-0.2, 0) is 16.0 Å². The van der Waals surface area contributed by atoms with Crippen molar-refractivity contribution in [2.45, 2.75) is 44.9 Å². The summed E-state index contributed by atoms with van der Waals surface area (Å²) in [4.78, 5) is 29.5. The predicted octanol–water partition coefficient (Wildman–Crippen LogP) is 2.85. The molecule has 1 aromatic rings. The molecule has 0 fully saturated rings. The molecule has 0 aliphatic carbocycles. The Bertz CT molecular complexity index is 583. The molecular weight excluding hydrogens is 320 g/mol. The number of amides is 1. The maximum Gasteiger partial charge on any atom is 0.321 e. The summed E-state index contributed by atoms with van der Waals surface area (Å²) in [6.45, 7) is 6.08. The van der Waals surface area contributed by atoms with Crippen LogP contribution in [-0.4, -0.2) is 34.9 Å². The van der Waals surface area contributed by atoms with Gasteiger partial charge in [-0.15, -0.1) is 11.3 Å². The lowest BCUT2D eigenvalue weighted by Gasteiger charge is -2.11. The zero-order chi connectivity index (χ0) is 16.1. The SMILES string of the molecule is CCCc1cc(C(=O)NC2=NC(C)C(C(=O)OCC)S2)cs1. The van der Waals surface area contributed by atoms with Crippen LogP contribution in [0, 0.1) is 0 Å². The zero-order valence-electron chi connectivity index (χ0n) is 12.9. The standard InChI is InChI=1S/C15H20N2O3S2/c1-4-6-11-7-10(8-21-11)13(18)17-15-16-9(3)12(22-15)14(19)20-5-2/h7-9,12H,4-6H2,1-3H3,(H,16,17,18). The number of amidine groups is 1. The van der Waals surface area contributed by atoms with E-state index in [0.29, 0.717) is 17.3 Å². The van der Waals surface area contributed by atoms with Gasteiger partial charge in [-0.25, -0.2) is 0 Å². The molecule has 0 saturated heterocycles. The molecular formula is C15H20N2O3S2. The molecule has 2 rings (SSSR count). The summed E-state index contributed by atoms with van der Waals surface area (Å²) >= 11 is 2.85. The fraction of sp³-hybridized carbons (Fsp3) is 0.533. The lowest BCUT2D eigenvalue weighted by molar-refractivity contribution is -0.142. The number of aryl methyl sites for hydroxylation is 1. The number of hydrogen-bond acceptors (Lipinski definition) is 6. The van der Waals surface area contributed by atoms with E-state index in [9.17, 15) is 9.59 Å². The lowest BCUT2D eigenvalue weighted by atomic mass is 10.2. The molecule has 0 aromatic carbocycles. The summed E-state index contributed by atoms with van der Waals surface area (Å²) < 4.78 is 5.02. The molecule has 7 heteroatoms. The molecule has 1 aliphatic rings. The minimum atomic E-state index is -0.381. The van der Waals surface area contributed by atoms with Crippen LogP contribution in [0.4, 0.5) is 0 Å². The van der Waals surface area contributed by atoms with Gasteiger partial charge in [-0.1, -0.05) is 25.1 Å². The monoisotopic (exact) mass is 340 g/mol. The molecule has 1 amide bonds. The van der Waals surface area contributed by atoms with Crippen LogP contribution in [0.3, 0.4) is 0 Å². The van der Waals surface area contributed by atoms with Crippen LogP contribution in [0.5, 0.6) is 0 Å². The number of carbonyl (C=O) groups excluding carboxylic acids is 2.